The molecule has 1 unspecified atom stereocenters. The maximum atomic E-state index is 12.0. The van der Waals surface area contributed by atoms with Gasteiger partial charge in [0.2, 0.25) is 11.8 Å². The molecule has 1 aromatic heterocycles. The Morgan fingerprint density at radius 2 is 2.33 bits per heavy atom. The minimum absolute atomic E-state index is 0.0199. The van der Waals surface area contributed by atoms with Crippen LogP contribution < -0.4 is 5.32 Å². The number of amides is 2. The molecule has 0 radical (unpaired) electrons. The van der Waals surface area contributed by atoms with Gasteiger partial charge in [-0.2, -0.15) is 0 Å². The first kappa shape index (κ1) is 13.9. The van der Waals surface area contributed by atoms with Crippen molar-refractivity contribution in [3.05, 3.63) is 30.1 Å². The van der Waals surface area contributed by atoms with Crippen LogP contribution in [0.4, 0.5) is 0 Å². The summed E-state index contributed by atoms with van der Waals surface area (Å²) in [5.41, 5.74) is 1.82. The number of rotatable bonds is 4. The van der Waals surface area contributed by atoms with E-state index in [1.54, 1.807) is 4.90 Å². The average molecular weight is 304 g/mol. The molecule has 1 saturated heterocycles. The van der Waals surface area contributed by atoms with Gasteiger partial charge in [-0.25, -0.2) is 4.98 Å². The summed E-state index contributed by atoms with van der Waals surface area (Å²) >= 11 is 1.53. The first-order chi connectivity index (χ1) is 10.1. The predicted octanol–water partition coefficient (Wildman–Crippen LogP) is 1.27. The van der Waals surface area contributed by atoms with Crippen LogP contribution in [0, 0.1) is 0 Å². The summed E-state index contributed by atoms with van der Waals surface area (Å²) in [5.74, 6) is 1.62. The fraction of sp³-hybridized carbons (Fsp3) is 0.357. The van der Waals surface area contributed by atoms with Crippen LogP contribution >= 0.6 is 11.8 Å². The second kappa shape index (κ2) is 5.77. The number of para-hydroxylation sites is 2. The van der Waals surface area contributed by atoms with E-state index < -0.39 is 0 Å². The zero-order valence-electron chi connectivity index (χ0n) is 11.6. The summed E-state index contributed by atoms with van der Waals surface area (Å²) in [5, 5.41) is 2.87. The standard InChI is InChI=1S/C14H16N4O2S/c1-9(14-16-10-4-2-3-5-11(10)17-14)15-12(19)6-18-8-21-7-13(18)20/h2-5,9H,6-8H2,1H3,(H,15,19)(H,16,17). The van der Waals surface area contributed by atoms with E-state index in [-0.39, 0.29) is 24.4 Å². The van der Waals surface area contributed by atoms with E-state index in [1.807, 2.05) is 31.2 Å². The third-order valence-corrected chi connectivity index (χ3v) is 4.30. The smallest absolute Gasteiger partial charge is 0.240 e. The van der Waals surface area contributed by atoms with Crippen LogP contribution in [0.3, 0.4) is 0 Å². The highest BCUT2D eigenvalue weighted by atomic mass is 32.2. The fourth-order valence-corrected chi connectivity index (χ4v) is 3.15. The summed E-state index contributed by atoms with van der Waals surface area (Å²) in [6.45, 7) is 1.98. The van der Waals surface area contributed by atoms with Crippen molar-refractivity contribution in [2.75, 3.05) is 18.2 Å². The van der Waals surface area contributed by atoms with E-state index in [4.69, 9.17) is 0 Å². The van der Waals surface area contributed by atoms with E-state index in [1.165, 1.54) is 11.8 Å². The molecular weight excluding hydrogens is 288 g/mol. The van der Waals surface area contributed by atoms with Gasteiger partial charge in [0, 0.05) is 0 Å². The van der Waals surface area contributed by atoms with Gasteiger partial charge in [0.15, 0.2) is 0 Å². The maximum Gasteiger partial charge on any atom is 0.240 e. The number of benzene rings is 1. The summed E-state index contributed by atoms with van der Waals surface area (Å²) in [7, 11) is 0. The monoisotopic (exact) mass is 304 g/mol. The molecule has 2 amide bonds. The largest absolute Gasteiger partial charge is 0.345 e. The number of thioether (sulfide) groups is 1. The van der Waals surface area contributed by atoms with Crippen LogP contribution in [-0.4, -0.2) is 44.9 Å². The van der Waals surface area contributed by atoms with E-state index >= 15 is 0 Å². The number of hydrogen-bond acceptors (Lipinski definition) is 4. The SMILES string of the molecule is CC(NC(=O)CN1CSCC1=O)c1nc2ccccc2[nH]1. The molecule has 2 N–H and O–H groups in total. The van der Waals surface area contributed by atoms with E-state index in [2.05, 4.69) is 15.3 Å². The van der Waals surface area contributed by atoms with E-state index in [0.717, 1.165) is 11.0 Å². The lowest BCUT2D eigenvalue weighted by atomic mass is 10.3. The van der Waals surface area contributed by atoms with Crippen molar-refractivity contribution in [2.24, 2.45) is 0 Å². The van der Waals surface area contributed by atoms with E-state index in [9.17, 15) is 9.59 Å². The van der Waals surface area contributed by atoms with E-state index in [0.29, 0.717) is 17.5 Å². The molecule has 2 aromatic rings. The molecule has 1 atom stereocenters. The molecule has 110 valence electrons. The Morgan fingerprint density at radius 1 is 1.52 bits per heavy atom. The van der Waals surface area contributed by atoms with Gasteiger partial charge < -0.3 is 15.2 Å². The van der Waals surface area contributed by atoms with Gasteiger partial charge in [-0.1, -0.05) is 12.1 Å². The van der Waals surface area contributed by atoms with Crippen molar-refractivity contribution < 1.29 is 9.59 Å². The van der Waals surface area contributed by atoms with Gasteiger partial charge in [0.25, 0.3) is 0 Å². The number of H-pyrrole nitrogens is 1. The third kappa shape index (κ3) is 3.02. The van der Waals surface area contributed by atoms with Gasteiger partial charge in [-0.3, -0.25) is 9.59 Å². The molecule has 1 aliphatic rings. The number of carbonyl (C=O) groups is 2. The molecule has 21 heavy (non-hydrogen) atoms. The van der Waals surface area contributed by atoms with Crippen molar-refractivity contribution in [2.45, 2.75) is 13.0 Å². The molecule has 1 fully saturated rings. The number of aromatic amines is 1. The van der Waals surface area contributed by atoms with Crippen LogP contribution in [-0.2, 0) is 9.59 Å². The molecule has 1 aliphatic heterocycles. The molecule has 0 saturated carbocycles. The highest BCUT2D eigenvalue weighted by molar-refractivity contribution is 8.00. The van der Waals surface area contributed by atoms with Crippen molar-refractivity contribution >= 4 is 34.6 Å². The zero-order chi connectivity index (χ0) is 14.8. The van der Waals surface area contributed by atoms with Crippen molar-refractivity contribution in [3.63, 3.8) is 0 Å². The van der Waals surface area contributed by atoms with Crippen LogP contribution in [0.1, 0.15) is 18.8 Å². The minimum atomic E-state index is -0.227. The summed E-state index contributed by atoms with van der Waals surface area (Å²) < 4.78 is 0. The zero-order valence-corrected chi connectivity index (χ0v) is 12.4. The number of imidazole rings is 1. The normalized spacial score (nSPS) is 16.4. The van der Waals surface area contributed by atoms with Crippen LogP contribution in [0.5, 0.6) is 0 Å². The average Bonchev–Trinajstić information content (AvgIpc) is 3.05. The second-order valence-electron chi connectivity index (χ2n) is 5.00. The van der Waals surface area contributed by atoms with Gasteiger partial charge >= 0.3 is 0 Å². The van der Waals surface area contributed by atoms with Crippen molar-refractivity contribution in [1.82, 2.24) is 20.2 Å². The highest BCUT2D eigenvalue weighted by Gasteiger charge is 2.23. The molecule has 0 spiro atoms. The Labute approximate surface area is 126 Å². The Kier molecular flexibility index (Phi) is 3.83. The molecule has 0 bridgehead atoms. The highest BCUT2D eigenvalue weighted by Crippen LogP contribution is 2.16. The number of nitrogens with one attached hydrogen (secondary N) is 2. The molecule has 6 nitrogen and oxygen atoms in total. The Hall–Kier alpha value is -2.02. The van der Waals surface area contributed by atoms with Gasteiger partial charge in [-0.05, 0) is 19.1 Å². The predicted molar refractivity (Wildman–Crippen MR) is 81.7 cm³/mol. The van der Waals surface area contributed by atoms with Crippen molar-refractivity contribution in [1.29, 1.82) is 0 Å². The number of carbonyl (C=O) groups excluding carboxylic acids is 2. The molecule has 1 aromatic carbocycles. The molecule has 0 aliphatic carbocycles. The lowest BCUT2D eigenvalue weighted by molar-refractivity contribution is -0.132. The van der Waals surface area contributed by atoms with Gasteiger partial charge in [0.05, 0.1) is 28.7 Å². The Morgan fingerprint density at radius 3 is 3.05 bits per heavy atom. The van der Waals surface area contributed by atoms with Crippen LogP contribution in [0.15, 0.2) is 24.3 Å². The number of hydrogen-bond donors (Lipinski definition) is 2. The van der Waals surface area contributed by atoms with Crippen LogP contribution in [0.25, 0.3) is 11.0 Å². The topological polar surface area (TPSA) is 78.1 Å². The summed E-state index contributed by atoms with van der Waals surface area (Å²) in [6.07, 6.45) is 0. The lowest BCUT2D eigenvalue weighted by Gasteiger charge is -2.16. The first-order valence-electron chi connectivity index (χ1n) is 6.73. The fourth-order valence-electron chi connectivity index (χ4n) is 2.25. The molecular formula is C14H16N4O2S. The van der Waals surface area contributed by atoms with Crippen LogP contribution in [0.2, 0.25) is 0 Å². The molecule has 3 rings (SSSR count). The lowest BCUT2D eigenvalue weighted by Crippen LogP contribution is -2.39. The summed E-state index contributed by atoms with van der Waals surface area (Å²) in [4.78, 5) is 32.7. The quantitative estimate of drug-likeness (QED) is 0.892. The molecule has 7 heteroatoms. The number of nitrogens with zero attached hydrogens (tertiary/aromatic N) is 2. The van der Waals surface area contributed by atoms with Gasteiger partial charge in [-0.15, -0.1) is 11.8 Å². The minimum Gasteiger partial charge on any atom is -0.345 e. The maximum absolute atomic E-state index is 12.0. The third-order valence-electron chi connectivity index (χ3n) is 3.36. The number of fused-ring (bicyclic) bond motifs is 1. The first-order valence-corrected chi connectivity index (χ1v) is 7.88. The number of aromatic nitrogens is 2. The second-order valence-corrected chi connectivity index (χ2v) is 5.95. The van der Waals surface area contributed by atoms with Crippen molar-refractivity contribution in [3.8, 4) is 0 Å². The Balaban J connectivity index is 1.63. The Bertz CT molecular complexity index is 651. The molecule has 2 heterocycles. The summed E-state index contributed by atoms with van der Waals surface area (Å²) in [6, 6.07) is 7.50. The van der Waals surface area contributed by atoms with Gasteiger partial charge in [0.1, 0.15) is 12.4 Å².